The molecule has 2 aromatic heterocycles. The Morgan fingerprint density at radius 2 is 2.24 bits per heavy atom. The summed E-state index contributed by atoms with van der Waals surface area (Å²) >= 11 is 0. The molecule has 2 aromatic rings. The molecule has 0 aromatic carbocycles. The highest BCUT2D eigenvalue weighted by Crippen LogP contribution is 2.26. The third kappa shape index (κ3) is 4.41. The second-order valence-corrected chi connectivity index (χ2v) is 6.90. The Kier molecular flexibility index (Phi) is 5.40. The quantitative estimate of drug-likeness (QED) is 0.829. The Morgan fingerprint density at radius 1 is 1.40 bits per heavy atom. The fourth-order valence-electron chi connectivity index (χ4n) is 3.12. The van der Waals surface area contributed by atoms with Gasteiger partial charge in [0.25, 0.3) is 0 Å². The van der Waals surface area contributed by atoms with Crippen molar-refractivity contribution >= 4 is 5.91 Å². The predicted octanol–water partition coefficient (Wildman–Crippen LogP) is 2.63. The van der Waals surface area contributed by atoms with Crippen LogP contribution in [0.3, 0.4) is 0 Å². The van der Waals surface area contributed by atoms with Gasteiger partial charge in [0.1, 0.15) is 5.82 Å². The maximum atomic E-state index is 12.6. The molecule has 0 spiro atoms. The zero-order valence-electron chi connectivity index (χ0n) is 15.1. The van der Waals surface area contributed by atoms with Crippen LogP contribution < -0.4 is 0 Å². The van der Waals surface area contributed by atoms with Crippen LogP contribution in [0, 0.1) is 6.92 Å². The molecular formula is C18H25N5O2. The van der Waals surface area contributed by atoms with Gasteiger partial charge in [-0.15, -0.1) is 10.2 Å². The van der Waals surface area contributed by atoms with Crippen LogP contribution >= 0.6 is 0 Å². The van der Waals surface area contributed by atoms with Crippen LogP contribution in [0.5, 0.6) is 0 Å². The van der Waals surface area contributed by atoms with E-state index >= 15 is 0 Å². The van der Waals surface area contributed by atoms with Crippen LogP contribution in [0.1, 0.15) is 68.2 Å². The first-order chi connectivity index (χ1) is 12.0. The number of carbonyl (C=O) groups is 1. The number of likely N-dealkylation sites (tertiary alicyclic amines) is 1. The molecule has 7 nitrogen and oxygen atoms in total. The molecule has 1 aliphatic heterocycles. The van der Waals surface area contributed by atoms with E-state index in [0.717, 1.165) is 37.4 Å². The number of carbonyl (C=O) groups excluding carboxylic acids is 1. The summed E-state index contributed by atoms with van der Waals surface area (Å²) < 4.78 is 5.58. The van der Waals surface area contributed by atoms with E-state index in [1.54, 1.807) is 6.20 Å². The Hall–Kier alpha value is -2.31. The zero-order valence-corrected chi connectivity index (χ0v) is 15.1. The number of rotatable bonds is 5. The van der Waals surface area contributed by atoms with Gasteiger partial charge in [-0.1, -0.05) is 13.8 Å². The van der Waals surface area contributed by atoms with E-state index in [1.165, 1.54) is 0 Å². The molecule has 0 unspecified atom stereocenters. The molecule has 1 fully saturated rings. The Bertz CT molecular complexity index is 728. The van der Waals surface area contributed by atoms with E-state index in [0.29, 0.717) is 24.6 Å². The lowest BCUT2D eigenvalue weighted by molar-refractivity contribution is -0.132. The van der Waals surface area contributed by atoms with E-state index < -0.39 is 0 Å². The standard InChI is InChI=1S/C18H25N5O2/c1-12(2)18-22-21-16(25-18)6-7-17(24)23-10-4-5-14(11-23)15-8-9-19-13(3)20-15/h8-9,12,14H,4-7,10-11H2,1-3H3/t14-/m0/s1. The summed E-state index contributed by atoms with van der Waals surface area (Å²) in [5.74, 6) is 2.57. The molecule has 0 saturated carbocycles. The average molecular weight is 343 g/mol. The van der Waals surface area contributed by atoms with Gasteiger partial charge in [0, 0.05) is 49.7 Å². The van der Waals surface area contributed by atoms with Crippen LogP contribution in [0.4, 0.5) is 0 Å². The molecule has 1 saturated heterocycles. The minimum absolute atomic E-state index is 0.139. The number of hydrogen-bond acceptors (Lipinski definition) is 6. The third-order valence-electron chi connectivity index (χ3n) is 4.52. The Balaban J connectivity index is 1.56. The second kappa shape index (κ2) is 7.72. The Labute approximate surface area is 147 Å². The SMILES string of the molecule is Cc1nccc([C@H]2CCCN(C(=O)CCc3nnc(C(C)C)o3)C2)n1. The van der Waals surface area contributed by atoms with Crippen molar-refractivity contribution in [3.63, 3.8) is 0 Å². The van der Waals surface area contributed by atoms with Crippen molar-refractivity contribution < 1.29 is 9.21 Å². The van der Waals surface area contributed by atoms with Crippen LogP contribution in [0.25, 0.3) is 0 Å². The normalized spacial score (nSPS) is 17.9. The van der Waals surface area contributed by atoms with Crippen molar-refractivity contribution in [2.75, 3.05) is 13.1 Å². The highest BCUT2D eigenvalue weighted by Gasteiger charge is 2.26. The van der Waals surface area contributed by atoms with Crippen molar-refractivity contribution in [1.29, 1.82) is 0 Å². The molecule has 25 heavy (non-hydrogen) atoms. The number of amides is 1. The fraction of sp³-hybridized carbons (Fsp3) is 0.611. The summed E-state index contributed by atoms with van der Waals surface area (Å²) in [5.41, 5.74) is 1.03. The molecule has 1 atom stereocenters. The lowest BCUT2D eigenvalue weighted by Crippen LogP contribution is -2.39. The fourth-order valence-corrected chi connectivity index (χ4v) is 3.12. The average Bonchev–Trinajstić information content (AvgIpc) is 3.09. The molecule has 134 valence electrons. The number of nitrogens with zero attached hydrogens (tertiary/aromatic N) is 5. The summed E-state index contributed by atoms with van der Waals surface area (Å²) in [7, 11) is 0. The van der Waals surface area contributed by atoms with Gasteiger partial charge in [-0.2, -0.15) is 0 Å². The summed E-state index contributed by atoms with van der Waals surface area (Å²) in [5, 5.41) is 8.03. The van der Waals surface area contributed by atoms with Crippen LogP contribution in [-0.2, 0) is 11.2 Å². The first kappa shape index (κ1) is 17.5. The molecule has 0 radical (unpaired) electrons. The van der Waals surface area contributed by atoms with Crippen molar-refractivity contribution in [3.05, 3.63) is 35.6 Å². The molecule has 0 bridgehead atoms. The molecule has 7 heteroatoms. The highest BCUT2D eigenvalue weighted by molar-refractivity contribution is 5.76. The van der Waals surface area contributed by atoms with Crippen molar-refractivity contribution in [2.24, 2.45) is 0 Å². The van der Waals surface area contributed by atoms with Gasteiger partial charge < -0.3 is 9.32 Å². The Morgan fingerprint density at radius 3 is 2.96 bits per heavy atom. The van der Waals surface area contributed by atoms with Crippen molar-refractivity contribution in [3.8, 4) is 0 Å². The van der Waals surface area contributed by atoms with E-state index in [-0.39, 0.29) is 17.7 Å². The zero-order chi connectivity index (χ0) is 17.8. The van der Waals surface area contributed by atoms with Crippen molar-refractivity contribution in [2.45, 2.75) is 58.3 Å². The number of hydrogen-bond donors (Lipinski definition) is 0. The minimum atomic E-state index is 0.139. The largest absolute Gasteiger partial charge is 0.425 e. The molecule has 3 heterocycles. The van der Waals surface area contributed by atoms with E-state index in [1.807, 2.05) is 31.7 Å². The summed E-state index contributed by atoms with van der Waals surface area (Å²) in [4.78, 5) is 23.2. The molecular weight excluding hydrogens is 318 g/mol. The number of aryl methyl sites for hydroxylation is 2. The first-order valence-electron chi connectivity index (χ1n) is 8.92. The van der Waals surface area contributed by atoms with Crippen LogP contribution in [-0.4, -0.2) is 44.1 Å². The highest BCUT2D eigenvalue weighted by atomic mass is 16.4. The number of aromatic nitrogens is 4. The lowest BCUT2D eigenvalue weighted by Gasteiger charge is -2.32. The maximum absolute atomic E-state index is 12.6. The van der Waals surface area contributed by atoms with Crippen LogP contribution in [0.2, 0.25) is 0 Å². The van der Waals surface area contributed by atoms with Gasteiger partial charge >= 0.3 is 0 Å². The van der Waals surface area contributed by atoms with Gasteiger partial charge in [0.05, 0.1) is 0 Å². The van der Waals surface area contributed by atoms with Gasteiger partial charge in [-0.25, -0.2) is 9.97 Å². The van der Waals surface area contributed by atoms with Gasteiger partial charge in [-0.3, -0.25) is 4.79 Å². The number of piperidine rings is 1. The van der Waals surface area contributed by atoms with E-state index in [9.17, 15) is 4.79 Å². The van der Waals surface area contributed by atoms with Crippen molar-refractivity contribution in [1.82, 2.24) is 25.1 Å². The molecule has 0 aliphatic carbocycles. The summed E-state index contributed by atoms with van der Waals surface area (Å²) in [6.07, 6.45) is 4.74. The minimum Gasteiger partial charge on any atom is -0.425 e. The van der Waals surface area contributed by atoms with Gasteiger partial charge in [0.2, 0.25) is 17.7 Å². The molecule has 0 N–H and O–H groups in total. The topological polar surface area (TPSA) is 85.0 Å². The third-order valence-corrected chi connectivity index (χ3v) is 4.52. The molecule has 1 amide bonds. The van der Waals surface area contributed by atoms with Crippen LogP contribution in [0.15, 0.2) is 16.7 Å². The molecule has 1 aliphatic rings. The van der Waals surface area contributed by atoms with E-state index in [4.69, 9.17) is 4.42 Å². The molecule has 3 rings (SSSR count). The monoisotopic (exact) mass is 343 g/mol. The maximum Gasteiger partial charge on any atom is 0.223 e. The predicted molar refractivity (Wildman–Crippen MR) is 92.0 cm³/mol. The summed E-state index contributed by atoms with van der Waals surface area (Å²) in [6.45, 7) is 7.43. The summed E-state index contributed by atoms with van der Waals surface area (Å²) in [6, 6.07) is 1.96. The van der Waals surface area contributed by atoms with Gasteiger partial charge in [-0.05, 0) is 25.8 Å². The van der Waals surface area contributed by atoms with E-state index in [2.05, 4.69) is 20.2 Å². The first-order valence-corrected chi connectivity index (χ1v) is 8.92. The second-order valence-electron chi connectivity index (χ2n) is 6.90. The smallest absolute Gasteiger partial charge is 0.223 e. The van der Waals surface area contributed by atoms with Gasteiger partial charge in [0.15, 0.2) is 0 Å². The lowest BCUT2D eigenvalue weighted by atomic mass is 9.94.